The molecule has 1 aliphatic heterocycles. The fourth-order valence-corrected chi connectivity index (χ4v) is 2.06. The van der Waals surface area contributed by atoms with E-state index < -0.39 is 0 Å². The molecule has 0 aliphatic carbocycles. The Bertz CT molecular complexity index is 302. The van der Waals surface area contributed by atoms with Crippen LogP contribution in [0.3, 0.4) is 0 Å². The topological polar surface area (TPSA) is 29.3 Å². The Balaban J connectivity index is 2.88. The van der Waals surface area contributed by atoms with Gasteiger partial charge in [-0.3, -0.25) is 0 Å². The summed E-state index contributed by atoms with van der Waals surface area (Å²) in [5.41, 5.74) is 8.16. The summed E-state index contributed by atoms with van der Waals surface area (Å²) in [6, 6.07) is 0. The van der Waals surface area contributed by atoms with Gasteiger partial charge in [-0.1, -0.05) is 12.2 Å². The van der Waals surface area contributed by atoms with Crippen LogP contribution in [0.25, 0.3) is 0 Å². The first-order chi connectivity index (χ1) is 6.52. The minimum atomic E-state index is 0.831. The second kappa shape index (κ2) is 4.60. The number of nitrogens with zero attached hydrogens (tertiary/aromatic N) is 1. The third kappa shape index (κ3) is 2.58. The SMILES string of the molecule is C=C(C)/C(C)=C(\N)N1C=C(C)SCC1. The fourth-order valence-electron chi connectivity index (χ4n) is 1.25. The highest BCUT2D eigenvalue weighted by Crippen LogP contribution is 2.23. The molecule has 1 heterocycles. The van der Waals surface area contributed by atoms with Gasteiger partial charge in [0, 0.05) is 18.5 Å². The van der Waals surface area contributed by atoms with Crippen LogP contribution in [-0.4, -0.2) is 17.2 Å². The number of hydrogen-bond donors (Lipinski definition) is 1. The van der Waals surface area contributed by atoms with E-state index in [1.54, 1.807) is 0 Å². The quantitative estimate of drug-likeness (QED) is 0.710. The largest absolute Gasteiger partial charge is 0.385 e. The van der Waals surface area contributed by atoms with Crippen molar-refractivity contribution >= 4 is 11.8 Å². The van der Waals surface area contributed by atoms with E-state index in [-0.39, 0.29) is 0 Å². The van der Waals surface area contributed by atoms with Crippen molar-refractivity contribution in [3.05, 3.63) is 34.7 Å². The molecule has 1 aliphatic rings. The molecule has 2 N–H and O–H groups in total. The Hall–Kier alpha value is -0.830. The van der Waals surface area contributed by atoms with Crippen LogP contribution >= 0.6 is 11.8 Å². The van der Waals surface area contributed by atoms with Gasteiger partial charge >= 0.3 is 0 Å². The van der Waals surface area contributed by atoms with Gasteiger partial charge in [-0.05, 0) is 31.2 Å². The molecule has 14 heavy (non-hydrogen) atoms. The standard InChI is InChI=1S/C11H18N2S/c1-8(2)10(4)11(12)13-5-6-14-9(3)7-13/h7H,1,5-6,12H2,2-4H3/b11-10+. The molecular weight excluding hydrogens is 192 g/mol. The van der Waals surface area contributed by atoms with Crippen LogP contribution in [0.5, 0.6) is 0 Å². The minimum absolute atomic E-state index is 0.831. The number of allylic oxidation sites excluding steroid dienone is 3. The van der Waals surface area contributed by atoms with E-state index in [4.69, 9.17) is 5.73 Å². The van der Waals surface area contributed by atoms with Crippen molar-refractivity contribution in [2.24, 2.45) is 5.73 Å². The fraction of sp³-hybridized carbons (Fsp3) is 0.455. The van der Waals surface area contributed by atoms with Crippen molar-refractivity contribution in [1.29, 1.82) is 0 Å². The lowest BCUT2D eigenvalue weighted by atomic mass is 10.1. The molecule has 0 saturated carbocycles. The molecule has 0 bridgehead atoms. The molecule has 0 aromatic carbocycles. The highest BCUT2D eigenvalue weighted by atomic mass is 32.2. The molecule has 0 unspecified atom stereocenters. The van der Waals surface area contributed by atoms with Gasteiger partial charge in [-0.2, -0.15) is 0 Å². The smallest absolute Gasteiger partial charge is 0.106 e. The number of hydrogen-bond acceptors (Lipinski definition) is 3. The van der Waals surface area contributed by atoms with Crippen LogP contribution in [0, 0.1) is 0 Å². The number of thioether (sulfide) groups is 1. The summed E-state index contributed by atoms with van der Waals surface area (Å²) in [5, 5.41) is 0. The second-order valence-electron chi connectivity index (χ2n) is 3.57. The molecule has 0 saturated heterocycles. The Morgan fingerprint density at radius 2 is 2.21 bits per heavy atom. The zero-order chi connectivity index (χ0) is 10.7. The minimum Gasteiger partial charge on any atom is -0.385 e. The first-order valence-corrected chi connectivity index (χ1v) is 5.71. The molecule has 3 heteroatoms. The highest BCUT2D eigenvalue weighted by molar-refractivity contribution is 8.03. The van der Waals surface area contributed by atoms with Crippen molar-refractivity contribution in [3.8, 4) is 0 Å². The summed E-state index contributed by atoms with van der Waals surface area (Å²) in [4.78, 5) is 3.42. The third-order valence-corrected chi connectivity index (χ3v) is 3.28. The molecule has 0 aromatic rings. The van der Waals surface area contributed by atoms with Crippen LogP contribution in [0.1, 0.15) is 20.8 Å². The zero-order valence-electron chi connectivity index (χ0n) is 9.13. The van der Waals surface area contributed by atoms with Crippen molar-refractivity contribution in [3.63, 3.8) is 0 Å². The maximum Gasteiger partial charge on any atom is 0.106 e. The average Bonchev–Trinajstić information content (AvgIpc) is 2.15. The first kappa shape index (κ1) is 11.2. The van der Waals surface area contributed by atoms with Gasteiger partial charge in [0.1, 0.15) is 5.82 Å². The summed E-state index contributed by atoms with van der Waals surface area (Å²) >= 11 is 1.88. The van der Waals surface area contributed by atoms with Gasteiger partial charge < -0.3 is 10.6 Å². The van der Waals surface area contributed by atoms with E-state index in [2.05, 4.69) is 24.6 Å². The van der Waals surface area contributed by atoms with Crippen LogP contribution < -0.4 is 5.73 Å². The number of rotatable bonds is 2. The van der Waals surface area contributed by atoms with Gasteiger partial charge in [0.15, 0.2) is 0 Å². The lowest BCUT2D eigenvalue weighted by molar-refractivity contribution is 0.478. The van der Waals surface area contributed by atoms with Gasteiger partial charge in [-0.15, -0.1) is 11.8 Å². The Kier molecular flexibility index (Phi) is 3.69. The molecule has 0 spiro atoms. The lowest BCUT2D eigenvalue weighted by Gasteiger charge is -2.27. The first-order valence-electron chi connectivity index (χ1n) is 4.72. The predicted molar refractivity (Wildman–Crippen MR) is 64.6 cm³/mol. The summed E-state index contributed by atoms with van der Waals surface area (Å²) in [6.07, 6.45) is 2.11. The third-order valence-electron chi connectivity index (χ3n) is 2.33. The molecular formula is C11H18N2S. The van der Waals surface area contributed by atoms with Crippen molar-refractivity contribution in [2.45, 2.75) is 20.8 Å². The summed E-state index contributed by atoms with van der Waals surface area (Å²) in [6.45, 7) is 11.0. The molecule has 0 radical (unpaired) electrons. The van der Waals surface area contributed by atoms with Crippen LogP contribution in [-0.2, 0) is 0 Å². The Morgan fingerprint density at radius 3 is 2.71 bits per heavy atom. The molecule has 2 nitrogen and oxygen atoms in total. The molecule has 0 fully saturated rings. The molecule has 0 amide bonds. The van der Waals surface area contributed by atoms with Crippen molar-refractivity contribution in [2.75, 3.05) is 12.3 Å². The summed E-state index contributed by atoms with van der Waals surface area (Å²) in [7, 11) is 0. The summed E-state index contributed by atoms with van der Waals surface area (Å²) < 4.78 is 0. The van der Waals surface area contributed by atoms with E-state index in [1.807, 2.05) is 25.6 Å². The zero-order valence-corrected chi connectivity index (χ0v) is 9.95. The van der Waals surface area contributed by atoms with Crippen molar-refractivity contribution < 1.29 is 0 Å². The van der Waals surface area contributed by atoms with E-state index in [1.165, 1.54) is 4.91 Å². The van der Waals surface area contributed by atoms with Gasteiger partial charge in [-0.25, -0.2) is 0 Å². The van der Waals surface area contributed by atoms with Crippen LogP contribution in [0.2, 0.25) is 0 Å². The van der Waals surface area contributed by atoms with Crippen molar-refractivity contribution in [1.82, 2.24) is 4.90 Å². The molecule has 78 valence electrons. The molecule has 1 rings (SSSR count). The van der Waals surface area contributed by atoms with Crippen LogP contribution in [0.15, 0.2) is 34.7 Å². The average molecular weight is 210 g/mol. The number of nitrogens with two attached hydrogens (primary N) is 1. The van der Waals surface area contributed by atoms with E-state index in [0.29, 0.717) is 0 Å². The van der Waals surface area contributed by atoms with E-state index >= 15 is 0 Å². The second-order valence-corrected chi connectivity index (χ2v) is 4.91. The van der Waals surface area contributed by atoms with Crippen LogP contribution in [0.4, 0.5) is 0 Å². The van der Waals surface area contributed by atoms with E-state index in [9.17, 15) is 0 Å². The maximum atomic E-state index is 6.05. The predicted octanol–water partition coefficient (Wildman–Crippen LogP) is 2.66. The van der Waals surface area contributed by atoms with Gasteiger partial charge in [0.05, 0.1) is 0 Å². The normalized spacial score (nSPS) is 18.8. The van der Waals surface area contributed by atoms with E-state index in [0.717, 1.165) is 29.3 Å². The van der Waals surface area contributed by atoms with Gasteiger partial charge in [0.25, 0.3) is 0 Å². The molecule has 0 atom stereocenters. The molecule has 0 aromatic heterocycles. The maximum absolute atomic E-state index is 6.05. The monoisotopic (exact) mass is 210 g/mol. The van der Waals surface area contributed by atoms with Gasteiger partial charge in [0.2, 0.25) is 0 Å². The lowest BCUT2D eigenvalue weighted by Crippen LogP contribution is -2.28. The highest BCUT2D eigenvalue weighted by Gasteiger charge is 2.11. The Morgan fingerprint density at radius 1 is 1.57 bits per heavy atom. The summed E-state index contributed by atoms with van der Waals surface area (Å²) in [5.74, 6) is 1.93. The Labute approximate surface area is 90.5 Å².